The highest BCUT2D eigenvalue weighted by Gasteiger charge is 2.45. The number of aliphatic hydroxyl groups is 3. The third-order valence-electron chi connectivity index (χ3n) is 9.80. The van der Waals surface area contributed by atoms with Crippen molar-refractivity contribution in [2.24, 2.45) is 5.73 Å². The van der Waals surface area contributed by atoms with Gasteiger partial charge in [0.05, 0.1) is 24.4 Å². The molecule has 52 heavy (non-hydrogen) atoms. The molecule has 3 heterocycles. The van der Waals surface area contributed by atoms with Gasteiger partial charge in [-0.2, -0.15) is 0 Å². The minimum absolute atomic E-state index is 0.0165. The average molecular weight is 733 g/mol. The van der Waals surface area contributed by atoms with Gasteiger partial charge in [-0.15, -0.1) is 0 Å². The number of benzene rings is 1. The Hall–Kier alpha value is -4.36. The molecule has 1 aromatic rings. The molecule has 11 N–H and O–H groups in total. The lowest BCUT2D eigenvalue weighted by Crippen LogP contribution is -2.61. The number of carbonyl (C=O) groups excluding carboxylic acids is 6. The van der Waals surface area contributed by atoms with Crippen LogP contribution in [0.2, 0.25) is 0 Å². The Kier molecular flexibility index (Phi) is 13.9. The van der Waals surface area contributed by atoms with E-state index in [1.807, 2.05) is 0 Å². The normalized spacial score (nSPS) is 31.4. The fourth-order valence-electron chi connectivity index (χ4n) is 6.86. The highest BCUT2D eigenvalue weighted by molar-refractivity contribution is 5.97. The number of nitrogens with one attached hydrogen (secondary N) is 5. The van der Waals surface area contributed by atoms with E-state index in [1.54, 1.807) is 12.1 Å². The summed E-state index contributed by atoms with van der Waals surface area (Å²) in [4.78, 5) is 84.4. The van der Waals surface area contributed by atoms with Gasteiger partial charge in [0.25, 0.3) is 0 Å². The number of hydrogen-bond acceptors (Lipinski definition) is 12. The average Bonchev–Trinajstić information content (AvgIpc) is 3.69. The molecule has 18 heteroatoms. The topological polar surface area (TPSA) is 276 Å². The van der Waals surface area contributed by atoms with Crippen molar-refractivity contribution in [1.29, 1.82) is 0 Å². The maximum Gasteiger partial charge on any atom is 0.248 e. The summed E-state index contributed by atoms with van der Waals surface area (Å²) in [5.41, 5.74) is 6.86. The summed E-state index contributed by atoms with van der Waals surface area (Å²) in [7, 11) is 1.54. The van der Waals surface area contributed by atoms with Gasteiger partial charge < -0.3 is 62.5 Å². The number of hydrogen-bond donors (Lipinski definition) is 10. The van der Waals surface area contributed by atoms with Crippen molar-refractivity contribution in [3.05, 3.63) is 29.8 Å². The Morgan fingerprint density at radius 2 is 1.40 bits per heavy atom. The number of carbonyl (C=O) groups is 6. The number of fused-ring (bicyclic) bond motifs is 2. The first-order chi connectivity index (χ1) is 24.6. The van der Waals surface area contributed by atoms with E-state index in [0.29, 0.717) is 12.0 Å². The van der Waals surface area contributed by atoms with Gasteiger partial charge in [0.2, 0.25) is 35.4 Å². The number of aromatic hydroxyl groups is 1. The highest BCUT2D eigenvalue weighted by Crippen LogP contribution is 2.22. The van der Waals surface area contributed by atoms with E-state index >= 15 is 0 Å². The molecule has 3 saturated heterocycles. The van der Waals surface area contributed by atoms with Crippen LogP contribution in [0.25, 0.3) is 0 Å². The molecule has 0 aromatic heterocycles. The zero-order valence-electron chi connectivity index (χ0n) is 29.7. The summed E-state index contributed by atoms with van der Waals surface area (Å²) in [6.45, 7) is 2.42. The second-order valence-corrected chi connectivity index (χ2v) is 13.9. The minimum Gasteiger partial charge on any atom is -0.508 e. The Labute approximate surface area is 301 Å². The number of phenolic OH excluding ortho intramolecular Hbond substituents is 1. The molecule has 4 rings (SSSR count). The number of likely N-dealkylation sites (N-methyl/N-ethyl adjacent to an activating group) is 1. The van der Waals surface area contributed by atoms with E-state index in [0.717, 1.165) is 4.90 Å². The fourth-order valence-corrected chi connectivity index (χ4v) is 6.86. The van der Waals surface area contributed by atoms with Crippen molar-refractivity contribution >= 4 is 35.4 Å². The van der Waals surface area contributed by atoms with Crippen molar-refractivity contribution in [3.63, 3.8) is 0 Å². The number of aryl methyl sites for hydroxylation is 1. The van der Waals surface area contributed by atoms with Crippen LogP contribution in [-0.2, 0) is 35.2 Å². The predicted octanol–water partition coefficient (Wildman–Crippen LogP) is -4.07. The molecule has 3 aliphatic heterocycles. The number of amides is 6. The molecule has 18 nitrogen and oxygen atoms in total. The van der Waals surface area contributed by atoms with Gasteiger partial charge >= 0.3 is 0 Å². The molecule has 0 bridgehead atoms. The minimum atomic E-state index is -1.53. The Morgan fingerprint density at radius 1 is 0.827 bits per heavy atom. The molecule has 0 saturated carbocycles. The predicted molar refractivity (Wildman–Crippen MR) is 185 cm³/mol. The van der Waals surface area contributed by atoms with E-state index < -0.39 is 96.0 Å². The molecule has 288 valence electrons. The summed E-state index contributed by atoms with van der Waals surface area (Å²) >= 11 is 0. The number of rotatable bonds is 6. The molecule has 1 aromatic carbocycles. The monoisotopic (exact) mass is 732 g/mol. The quantitative estimate of drug-likeness (QED) is 0.134. The van der Waals surface area contributed by atoms with E-state index in [2.05, 4.69) is 26.6 Å². The summed E-state index contributed by atoms with van der Waals surface area (Å²) in [5.74, 6) is -4.33. The van der Waals surface area contributed by atoms with Crippen molar-refractivity contribution < 1.29 is 49.2 Å². The first-order valence-corrected chi connectivity index (χ1v) is 17.7. The third-order valence-corrected chi connectivity index (χ3v) is 9.80. The first kappa shape index (κ1) is 40.4. The van der Waals surface area contributed by atoms with Crippen molar-refractivity contribution in [2.75, 3.05) is 26.7 Å². The van der Waals surface area contributed by atoms with Gasteiger partial charge in [-0.25, -0.2) is 0 Å². The largest absolute Gasteiger partial charge is 0.508 e. The maximum absolute atomic E-state index is 13.9. The lowest BCUT2D eigenvalue weighted by Gasteiger charge is -2.32. The van der Waals surface area contributed by atoms with Crippen LogP contribution in [-0.4, -0.2) is 153 Å². The Morgan fingerprint density at radius 3 is 2.00 bits per heavy atom. The number of phenols is 1. The summed E-state index contributed by atoms with van der Waals surface area (Å²) < 4.78 is 0. The molecular weight excluding hydrogens is 680 g/mol. The second kappa shape index (κ2) is 17.9. The van der Waals surface area contributed by atoms with Gasteiger partial charge in [0, 0.05) is 32.1 Å². The zero-order valence-corrected chi connectivity index (χ0v) is 29.7. The first-order valence-electron chi connectivity index (χ1n) is 17.7. The van der Waals surface area contributed by atoms with Crippen LogP contribution < -0.4 is 32.3 Å². The lowest BCUT2D eigenvalue weighted by atomic mass is 10.0. The zero-order chi connectivity index (χ0) is 38.3. The van der Waals surface area contributed by atoms with Crippen molar-refractivity contribution in [2.45, 2.75) is 113 Å². The van der Waals surface area contributed by atoms with Crippen LogP contribution in [0, 0.1) is 0 Å². The molecule has 0 radical (unpaired) electrons. The number of aliphatic hydroxyl groups excluding tert-OH is 3. The molecule has 0 spiro atoms. The SMILES string of the molecule is CN[C@H]1CCCNC(=O)[C@@H]2C[C@H](N)CN2C(=O)[C@H]([C@@H](C)O)NC(=O)[C@H](CCc2ccc(O)cc2)NC(=O)[C@@H]2C[C@@H](O)CN2C(=O)[C@H]([C@@H](C)O)NC1=O. The van der Waals surface area contributed by atoms with Crippen LogP contribution in [0.3, 0.4) is 0 Å². The highest BCUT2D eigenvalue weighted by atomic mass is 16.3. The van der Waals surface area contributed by atoms with E-state index in [-0.39, 0.29) is 57.5 Å². The third kappa shape index (κ3) is 9.94. The second-order valence-electron chi connectivity index (χ2n) is 13.9. The maximum atomic E-state index is 13.9. The number of nitrogens with two attached hydrogens (primary N) is 1. The molecule has 6 amide bonds. The van der Waals surface area contributed by atoms with E-state index in [1.165, 1.54) is 37.9 Å². The van der Waals surface area contributed by atoms with Crippen LogP contribution in [0.5, 0.6) is 5.75 Å². The van der Waals surface area contributed by atoms with Gasteiger partial charge in [-0.3, -0.25) is 28.8 Å². The Bertz CT molecular complexity index is 1460. The molecule has 0 aliphatic carbocycles. The van der Waals surface area contributed by atoms with E-state index in [4.69, 9.17) is 5.73 Å². The van der Waals surface area contributed by atoms with E-state index in [9.17, 15) is 49.2 Å². The van der Waals surface area contributed by atoms with Crippen LogP contribution >= 0.6 is 0 Å². The van der Waals surface area contributed by atoms with Gasteiger partial charge in [-0.1, -0.05) is 12.1 Å². The molecule has 0 unspecified atom stereocenters. The smallest absolute Gasteiger partial charge is 0.248 e. The van der Waals surface area contributed by atoms with Crippen LogP contribution in [0.15, 0.2) is 24.3 Å². The van der Waals surface area contributed by atoms with Crippen LogP contribution in [0.4, 0.5) is 0 Å². The Balaban J connectivity index is 1.70. The van der Waals surface area contributed by atoms with Crippen molar-refractivity contribution in [3.8, 4) is 5.75 Å². The summed E-state index contributed by atoms with van der Waals surface area (Å²) in [5, 5.41) is 54.9. The summed E-state index contributed by atoms with van der Waals surface area (Å²) in [6, 6.07) is -1.85. The molecule has 10 atom stereocenters. The van der Waals surface area contributed by atoms with Gasteiger partial charge in [0.1, 0.15) is 36.0 Å². The molecular formula is C34H52N8O10. The lowest BCUT2D eigenvalue weighted by molar-refractivity contribution is -0.145. The number of nitrogens with zero attached hydrogens (tertiary/aromatic N) is 2. The van der Waals surface area contributed by atoms with Gasteiger partial charge in [0.15, 0.2) is 0 Å². The standard InChI is InChI=1S/C34H52N8O10/c1-17(43)27-33(51)41-15-20(35)13-25(41)31(49)37-12-4-5-23(36-3)29(47)39-28(18(2)44)34(52)42-16-22(46)14-26(42)32(50)38-24(30(48)40-27)11-8-19-6-9-21(45)10-7-19/h6-7,9-10,17-18,20,22-28,36,43-46H,4-5,8,11-16,35H2,1-3H3,(H,37,49)(H,38,50)(H,39,47)(H,40,48)/t17-,18-,20+,22-,23+,24+,25+,26+,27+,28+/m1/s1. The summed E-state index contributed by atoms with van der Waals surface area (Å²) in [6.07, 6.45) is -3.30. The van der Waals surface area contributed by atoms with Crippen LogP contribution in [0.1, 0.15) is 51.5 Å². The van der Waals surface area contributed by atoms with Crippen molar-refractivity contribution in [1.82, 2.24) is 36.4 Å². The molecule has 3 fully saturated rings. The molecule has 3 aliphatic rings. The van der Waals surface area contributed by atoms with Gasteiger partial charge in [-0.05, 0) is 70.7 Å². The fraction of sp³-hybridized carbons (Fsp3) is 0.647.